The average Bonchev–Trinajstić information content (AvgIpc) is 3.16. The highest BCUT2D eigenvalue weighted by Gasteiger charge is 2.34. The van der Waals surface area contributed by atoms with Gasteiger partial charge in [-0.2, -0.15) is 0 Å². The number of hydrogen-bond acceptors (Lipinski definition) is 4. The number of carboxylic acids is 1. The predicted molar refractivity (Wildman–Crippen MR) is 99.5 cm³/mol. The molecule has 1 aliphatic heterocycles. The van der Waals surface area contributed by atoms with Crippen molar-refractivity contribution in [1.29, 1.82) is 0 Å². The van der Waals surface area contributed by atoms with Crippen LogP contribution in [0.1, 0.15) is 36.9 Å². The molecule has 138 valence electrons. The molecule has 5 nitrogen and oxygen atoms in total. The van der Waals surface area contributed by atoms with E-state index in [-0.39, 0.29) is 6.04 Å². The third-order valence-corrected chi connectivity index (χ3v) is 4.98. The molecular formula is C21H25NO4. The summed E-state index contributed by atoms with van der Waals surface area (Å²) >= 11 is 0. The van der Waals surface area contributed by atoms with Crippen LogP contribution in [0.15, 0.2) is 48.5 Å². The number of carboxylic acid groups (broad SMARTS) is 1. The summed E-state index contributed by atoms with van der Waals surface area (Å²) in [6.45, 7) is 3.31. The molecule has 2 aromatic carbocycles. The van der Waals surface area contributed by atoms with E-state index in [1.807, 2.05) is 60.4 Å². The van der Waals surface area contributed by atoms with Gasteiger partial charge in [0.1, 0.15) is 12.6 Å². The van der Waals surface area contributed by atoms with Gasteiger partial charge in [0.25, 0.3) is 0 Å². The van der Waals surface area contributed by atoms with E-state index in [1.54, 1.807) is 7.11 Å². The minimum absolute atomic E-state index is 0.00988. The van der Waals surface area contributed by atoms with Crippen LogP contribution in [0.5, 0.6) is 11.5 Å². The molecule has 0 radical (unpaired) electrons. The van der Waals surface area contributed by atoms with Crippen LogP contribution in [0.25, 0.3) is 0 Å². The van der Waals surface area contributed by atoms with Crippen LogP contribution < -0.4 is 9.47 Å². The van der Waals surface area contributed by atoms with Gasteiger partial charge in [-0.25, -0.2) is 0 Å². The molecule has 1 saturated heterocycles. The third-order valence-electron chi connectivity index (χ3n) is 4.98. The van der Waals surface area contributed by atoms with Gasteiger partial charge in [0, 0.05) is 6.04 Å². The lowest BCUT2D eigenvalue weighted by Gasteiger charge is -2.29. The molecule has 0 spiro atoms. The first-order valence-corrected chi connectivity index (χ1v) is 8.93. The molecule has 1 fully saturated rings. The van der Waals surface area contributed by atoms with E-state index >= 15 is 0 Å². The zero-order chi connectivity index (χ0) is 18.5. The highest BCUT2D eigenvalue weighted by atomic mass is 16.5. The molecule has 0 saturated carbocycles. The van der Waals surface area contributed by atoms with Crippen molar-refractivity contribution in [3.8, 4) is 11.5 Å². The number of rotatable bonds is 7. The highest BCUT2D eigenvalue weighted by Crippen LogP contribution is 2.35. The first kappa shape index (κ1) is 18.3. The van der Waals surface area contributed by atoms with Gasteiger partial charge in [0.15, 0.2) is 11.5 Å². The Morgan fingerprint density at radius 1 is 1.23 bits per heavy atom. The third kappa shape index (κ3) is 3.99. The van der Waals surface area contributed by atoms with Gasteiger partial charge in [-0.1, -0.05) is 36.4 Å². The molecular weight excluding hydrogens is 330 g/mol. The number of likely N-dealkylation sites (tertiary alicyclic amines) is 1. The first-order valence-electron chi connectivity index (χ1n) is 8.93. The second kappa shape index (κ2) is 8.23. The van der Waals surface area contributed by atoms with Crippen LogP contribution in [0.3, 0.4) is 0 Å². The predicted octanol–water partition coefficient (Wildman–Crippen LogP) is 3.88. The summed E-state index contributed by atoms with van der Waals surface area (Å²) in [5, 5.41) is 9.42. The van der Waals surface area contributed by atoms with Crippen LogP contribution in [-0.4, -0.2) is 35.7 Å². The van der Waals surface area contributed by atoms with Gasteiger partial charge in [0.2, 0.25) is 0 Å². The summed E-state index contributed by atoms with van der Waals surface area (Å²) in [4.78, 5) is 13.5. The van der Waals surface area contributed by atoms with Crippen LogP contribution in [0.2, 0.25) is 0 Å². The molecule has 0 bridgehead atoms. The Morgan fingerprint density at radius 3 is 2.69 bits per heavy atom. The molecule has 5 heteroatoms. The second-order valence-corrected chi connectivity index (χ2v) is 6.59. The first-order chi connectivity index (χ1) is 12.6. The summed E-state index contributed by atoms with van der Waals surface area (Å²) in [6.07, 6.45) is 1.62. The Hall–Kier alpha value is -2.53. The van der Waals surface area contributed by atoms with Crippen LogP contribution in [0, 0.1) is 0 Å². The monoisotopic (exact) mass is 355 g/mol. The largest absolute Gasteiger partial charge is 0.493 e. The van der Waals surface area contributed by atoms with E-state index in [0.29, 0.717) is 24.5 Å². The number of carbonyl (C=O) groups is 1. The van der Waals surface area contributed by atoms with Crippen molar-refractivity contribution in [3.05, 3.63) is 59.7 Å². The molecule has 1 aliphatic rings. The molecule has 26 heavy (non-hydrogen) atoms. The maximum absolute atomic E-state index is 11.5. The topological polar surface area (TPSA) is 59.0 Å². The normalized spacial score (nSPS) is 18.5. The number of nitrogens with zero attached hydrogens (tertiary/aromatic N) is 1. The number of aliphatic carboxylic acids is 1. The van der Waals surface area contributed by atoms with Gasteiger partial charge in [-0.05, 0) is 49.6 Å². The van der Waals surface area contributed by atoms with Gasteiger partial charge >= 0.3 is 5.97 Å². The molecule has 0 aliphatic carbocycles. The van der Waals surface area contributed by atoms with E-state index in [9.17, 15) is 9.90 Å². The summed E-state index contributed by atoms with van der Waals surface area (Å²) in [6, 6.07) is 15.4. The second-order valence-electron chi connectivity index (χ2n) is 6.59. The maximum atomic E-state index is 11.5. The Balaban J connectivity index is 1.74. The summed E-state index contributed by atoms with van der Waals surface area (Å²) in [5.41, 5.74) is 2.12. The lowest BCUT2D eigenvalue weighted by molar-refractivity contribution is -0.142. The van der Waals surface area contributed by atoms with Crippen molar-refractivity contribution in [2.24, 2.45) is 0 Å². The van der Waals surface area contributed by atoms with E-state index in [2.05, 4.69) is 0 Å². The fourth-order valence-corrected chi connectivity index (χ4v) is 3.51. The van der Waals surface area contributed by atoms with E-state index in [0.717, 1.165) is 24.1 Å². The van der Waals surface area contributed by atoms with E-state index in [1.165, 1.54) is 0 Å². The minimum atomic E-state index is -0.746. The maximum Gasteiger partial charge on any atom is 0.320 e. The standard InChI is InChI=1S/C21H25NO4/c1-15(22-12-6-9-18(22)21(23)24)17-10-11-19(20(13-17)25-2)26-14-16-7-4-3-5-8-16/h3-5,7-8,10-11,13,15,18H,6,9,12,14H2,1-2H3,(H,23,24)/t15-,18+/m1/s1. The summed E-state index contributed by atoms with van der Waals surface area (Å²) in [5.74, 6) is 0.601. The summed E-state index contributed by atoms with van der Waals surface area (Å²) < 4.78 is 11.4. The SMILES string of the molecule is COc1cc([C@@H](C)N2CCC[C@H]2C(=O)O)ccc1OCc1ccccc1. The van der Waals surface area contributed by atoms with Crippen molar-refractivity contribution < 1.29 is 19.4 Å². The molecule has 2 aromatic rings. The molecule has 0 amide bonds. The Bertz CT molecular complexity index is 747. The molecule has 1 N–H and O–H groups in total. The van der Waals surface area contributed by atoms with Crippen molar-refractivity contribution in [2.75, 3.05) is 13.7 Å². The van der Waals surface area contributed by atoms with Gasteiger partial charge < -0.3 is 14.6 Å². The minimum Gasteiger partial charge on any atom is -0.493 e. The summed E-state index contributed by atoms with van der Waals surface area (Å²) in [7, 11) is 1.62. The average molecular weight is 355 g/mol. The number of benzene rings is 2. The Morgan fingerprint density at radius 2 is 2.00 bits per heavy atom. The van der Waals surface area contributed by atoms with Crippen LogP contribution in [-0.2, 0) is 11.4 Å². The fraction of sp³-hybridized carbons (Fsp3) is 0.381. The number of ether oxygens (including phenoxy) is 2. The molecule has 1 heterocycles. The van der Waals surface area contributed by atoms with Crippen molar-refractivity contribution in [1.82, 2.24) is 4.90 Å². The molecule has 0 unspecified atom stereocenters. The zero-order valence-electron chi connectivity index (χ0n) is 15.2. The number of hydrogen-bond donors (Lipinski definition) is 1. The van der Waals surface area contributed by atoms with Gasteiger partial charge in [-0.15, -0.1) is 0 Å². The number of methoxy groups -OCH3 is 1. The van der Waals surface area contributed by atoms with Crippen LogP contribution in [0.4, 0.5) is 0 Å². The van der Waals surface area contributed by atoms with Crippen molar-refractivity contribution in [3.63, 3.8) is 0 Å². The zero-order valence-corrected chi connectivity index (χ0v) is 15.2. The van der Waals surface area contributed by atoms with E-state index in [4.69, 9.17) is 9.47 Å². The smallest absolute Gasteiger partial charge is 0.320 e. The van der Waals surface area contributed by atoms with Gasteiger partial charge in [0.05, 0.1) is 7.11 Å². The lowest BCUT2D eigenvalue weighted by atomic mass is 10.0. The fourth-order valence-electron chi connectivity index (χ4n) is 3.51. The molecule has 2 atom stereocenters. The lowest BCUT2D eigenvalue weighted by Crippen LogP contribution is -2.37. The molecule has 0 aromatic heterocycles. The Labute approximate surface area is 154 Å². The van der Waals surface area contributed by atoms with Crippen molar-refractivity contribution >= 4 is 5.97 Å². The highest BCUT2D eigenvalue weighted by molar-refractivity contribution is 5.73. The van der Waals surface area contributed by atoms with Crippen molar-refractivity contribution in [2.45, 2.75) is 38.5 Å². The van der Waals surface area contributed by atoms with E-state index < -0.39 is 12.0 Å². The molecule has 3 rings (SSSR count). The van der Waals surface area contributed by atoms with Gasteiger partial charge in [-0.3, -0.25) is 9.69 Å². The van der Waals surface area contributed by atoms with Crippen LogP contribution >= 0.6 is 0 Å². The quantitative estimate of drug-likeness (QED) is 0.817. The Kier molecular flexibility index (Phi) is 5.78.